The van der Waals surface area contributed by atoms with Crippen molar-refractivity contribution in [3.8, 4) is 11.5 Å². The summed E-state index contributed by atoms with van der Waals surface area (Å²) in [5.41, 5.74) is 4.41. The first-order valence-corrected chi connectivity index (χ1v) is 9.46. The SMILES string of the molecule is O=C(COc1ccc(OCc2ccccc2)cc1)N/N=C\c1ccccc1Br. The highest BCUT2D eigenvalue weighted by atomic mass is 79.9. The molecule has 0 aliphatic carbocycles. The molecule has 0 aliphatic heterocycles. The zero-order valence-electron chi connectivity index (χ0n) is 15.0. The lowest BCUT2D eigenvalue weighted by Crippen LogP contribution is -2.24. The molecule has 0 heterocycles. The Morgan fingerprint density at radius 3 is 2.25 bits per heavy atom. The maximum absolute atomic E-state index is 11.8. The molecule has 6 heteroatoms. The van der Waals surface area contributed by atoms with Gasteiger partial charge in [0.05, 0.1) is 6.21 Å². The fourth-order valence-electron chi connectivity index (χ4n) is 2.31. The van der Waals surface area contributed by atoms with E-state index < -0.39 is 0 Å². The minimum absolute atomic E-state index is 0.127. The van der Waals surface area contributed by atoms with E-state index in [1.165, 1.54) is 0 Å². The Hall–Kier alpha value is -3.12. The number of benzene rings is 3. The Balaban J connectivity index is 1.41. The predicted molar refractivity (Wildman–Crippen MR) is 113 cm³/mol. The van der Waals surface area contributed by atoms with Crippen LogP contribution in [0.2, 0.25) is 0 Å². The molecule has 3 rings (SSSR count). The lowest BCUT2D eigenvalue weighted by atomic mass is 10.2. The van der Waals surface area contributed by atoms with E-state index in [1.54, 1.807) is 30.5 Å². The smallest absolute Gasteiger partial charge is 0.277 e. The van der Waals surface area contributed by atoms with E-state index >= 15 is 0 Å². The maximum atomic E-state index is 11.8. The summed E-state index contributed by atoms with van der Waals surface area (Å²) in [4.78, 5) is 11.8. The van der Waals surface area contributed by atoms with Gasteiger partial charge in [-0.05, 0) is 35.9 Å². The van der Waals surface area contributed by atoms with Gasteiger partial charge in [-0.25, -0.2) is 5.43 Å². The van der Waals surface area contributed by atoms with Crippen LogP contribution in [-0.4, -0.2) is 18.7 Å². The number of hydrazone groups is 1. The number of amides is 1. The Bertz CT molecular complexity index is 928. The molecule has 0 bridgehead atoms. The zero-order chi connectivity index (χ0) is 19.6. The van der Waals surface area contributed by atoms with Crippen molar-refractivity contribution in [3.63, 3.8) is 0 Å². The first-order valence-electron chi connectivity index (χ1n) is 8.67. The molecular weight excluding hydrogens is 420 g/mol. The number of halogens is 1. The van der Waals surface area contributed by atoms with Crippen molar-refractivity contribution >= 4 is 28.1 Å². The number of ether oxygens (including phenoxy) is 2. The van der Waals surface area contributed by atoms with Crippen LogP contribution < -0.4 is 14.9 Å². The molecule has 3 aromatic rings. The van der Waals surface area contributed by atoms with E-state index in [1.807, 2.05) is 54.6 Å². The lowest BCUT2D eigenvalue weighted by Gasteiger charge is -2.08. The number of carbonyl (C=O) groups excluding carboxylic acids is 1. The van der Waals surface area contributed by atoms with E-state index in [0.29, 0.717) is 12.4 Å². The predicted octanol–water partition coefficient (Wildman–Crippen LogP) is 4.56. The normalized spacial score (nSPS) is 10.6. The highest BCUT2D eigenvalue weighted by molar-refractivity contribution is 9.10. The van der Waals surface area contributed by atoms with Crippen LogP contribution in [-0.2, 0) is 11.4 Å². The molecule has 0 fully saturated rings. The van der Waals surface area contributed by atoms with Crippen LogP contribution in [0.15, 0.2) is 88.4 Å². The minimum Gasteiger partial charge on any atom is -0.489 e. The van der Waals surface area contributed by atoms with Gasteiger partial charge in [0.15, 0.2) is 6.61 Å². The van der Waals surface area contributed by atoms with Crippen LogP contribution in [0, 0.1) is 0 Å². The van der Waals surface area contributed by atoms with E-state index in [4.69, 9.17) is 9.47 Å². The summed E-state index contributed by atoms with van der Waals surface area (Å²) in [5.74, 6) is 0.975. The van der Waals surface area contributed by atoms with Crippen LogP contribution in [0.25, 0.3) is 0 Å². The molecule has 0 unspecified atom stereocenters. The third kappa shape index (κ3) is 6.25. The lowest BCUT2D eigenvalue weighted by molar-refractivity contribution is -0.123. The van der Waals surface area contributed by atoms with Gasteiger partial charge >= 0.3 is 0 Å². The molecule has 0 aliphatic rings. The molecule has 0 atom stereocenters. The summed E-state index contributed by atoms with van der Waals surface area (Å²) in [7, 11) is 0. The number of carbonyl (C=O) groups is 1. The van der Waals surface area contributed by atoms with Gasteiger partial charge in [-0.2, -0.15) is 5.10 Å². The summed E-state index contributed by atoms with van der Waals surface area (Å²) < 4.78 is 12.1. The third-order valence-corrected chi connectivity index (χ3v) is 4.46. The summed E-state index contributed by atoms with van der Waals surface area (Å²) >= 11 is 3.42. The average molecular weight is 439 g/mol. The van der Waals surface area contributed by atoms with Crippen LogP contribution in [0.5, 0.6) is 11.5 Å². The first-order chi connectivity index (χ1) is 13.7. The number of nitrogens with zero attached hydrogens (tertiary/aromatic N) is 1. The van der Waals surface area contributed by atoms with Gasteiger partial charge in [0, 0.05) is 10.0 Å². The second kappa shape index (κ2) is 10.3. The Kier molecular flexibility index (Phi) is 7.21. The van der Waals surface area contributed by atoms with Crippen LogP contribution >= 0.6 is 15.9 Å². The van der Waals surface area contributed by atoms with Gasteiger partial charge in [-0.15, -0.1) is 0 Å². The van der Waals surface area contributed by atoms with E-state index in [0.717, 1.165) is 21.3 Å². The van der Waals surface area contributed by atoms with Crippen molar-refractivity contribution in [2.24, 2.45) is 5.10 Å². The van der Waals surface area contributed by atoms with Crippen LogP contribution in [0.1, 0.15) is 11.1 Å². The largest absolute Gasteiger partial charge is 0.489 e. The first kappa shape index (κ1) is 19.6. The quantitative estimate of drug-likeness (QED) is 0.414. The molecule has 28 heavy (non-hydrogen) atoms. The molecular formula is C22H19BrN2O3. The highest BCUT2D eigenvalue weighted by Crippen LogP contribution is 2.18. The van der Waals surface area contributed by atoms with Crippen molar-refractivity contribution in [1.82, 2.24) is 5.43 Å². The van der Waals surface area contributed by atoms with E-state index in [2.05, 4.69) is 26.5 Å². The third-order valence-electron chi connectivity index (χ3n) is 3.74. The molecule has 3 aromatic carbocycles. The van der Waals surface area contributed by atoms with E-state index in [9.17, 15) is 4.79 Å². The monoisotopic (exact) mass is 438 g/mol. The van der Waals surface area contributed by atoms with Crippen molar-refractivity contribution in [2.45, 2.75) is 6.61 Å². The molecule has 0 radical (unpaired) electrons. The number of hydrogen-bond donors (Lipinski definition) is 1. The van der Waals surface area contributed by atoms with Gasteiger partial charge in [0.1, 0.15) is 18.1 Å². The average Bonchev–Trinajstić information content (AvgIpc) is 2.74. The summed E-state index contributed by atoms with van der Waals surface area (Å²) in [5, 5.41) is 3.93. The molecule has 0 saturated heterocycles. The van der Waals surface area contributed by atoms with Gasteiger partial charge in [0.25, 0.3) is 5.91 Å². The molecule has 0 spiro atoms. The maximum Gasteiger partial charge on any atom is 0.277 e. The molecule has 0 saturated carbocycles. The molecule has 142 valence electrons. The number of nitrogens with one attached hydrogen (secondary N) is 1. The fraction of sp³-hybridized carbons (Fsp3) is 0.0909. The number of hydrogen-bond acceptors (Lipinski definition) is 4. The summed E-state index contributed by atoms with van der Waals surface area (Å²) in [6, 6.07) is 24.7. The van der Waals surface area contributed by atoms with Gasteiger partial charge < -0.3 is 9.47 Å². The van der Waals surface area contributed by atoms with E-state index in [-0.39, 0.29) is 12.5 Å². The van der Waals surface area contributed by atoms with Crippen LogP contribution in [0.4, 0.5) is 0 Å². The van der Waals surface area contributed by atoms with Crippen molar-refractivity contribution in [3.05, 3.63) is 94.5 Å². The molecule has 0 aromatic heterocycles. The topological polar surface area (TPSA) is 59.9 Å². The Labute approximate surface area is 172 Å². The van der Waals surface area contributed by atoms with Gasteiger partial charge in [-0.1, -0.05) is 64.5 Å². The Morgan fingerprint density at radius 1 is 0.893 bits per heavy atom. The number of rotatable bonds is 8. The zero-order valence-corrected chi connectivity index (χ0v) is 16.6. The molecule has 5 nitrogen and oxygen atoms in total. The van der Waals surface area contributed by atoms with Crippen LogP contribution in [0.3, 0.4) is 0 Å². The summed E-state index contributed by atoms with van der Waals surface area (Å²) in [6.45, 7) is 0.372. The van der Waals surface area contributed by atoms with Crippen molar-refractivity contribution in [2.75, 3.05) is 6.61 Å². The molecule has 1 N–H and O–H groups in total. The molecule has 1 amide bonds. The second-order valence-electron chi connectivity index (χ2n) is 5.85. The van der Waals surface area contributed by atoms with Crippen molar-refractivity contribution in [1.29, 1.82) is 0 Å². The fourth-order valence-corrected chi connectivity index (χ4v) is 2.69. The Morgan fingerprint density at radius 2 is 1.54 bits per heavy atom. The summed E-state index contributed by atoms with van der Waals surface area (Å²) in [6.07, 6.45) is 1.57. The minimum atomic E-state index is -0.340. The van der Waals surface area contributed by atoms with Gasteiger partial charge in [0.2, 0.25) is 0 Å². The van der Waals surface area contributed by atoms with Crippen molar-refractivity contribution < 1.29 is 14.3 Å². The van der Waals surface area contributed by atoms with Gasteiger partial charge in [-0.3, -0.25) is 4.79 Å². The highest BCUT2D eigenvalue weighted by Gasteiger charge is 2.03. The second-order valence-corrected chi connectivity index (χ2v) is 6.70. The standard InChI is InChI=1S/C22H19BrN2O3/c23-21-9-5-4-8-18(21)14-24-25-22(26)16-28-20-12-10-19(11-13-20)27-15-17-6-2-1-3-7-17/h1-14H,15-16H2,(H,25,26)/b24-14-.